The molecule has 20 heavy (non-hydrogen) atoms. The molecule has 0 aliphatic carbocycles. The fourth-order valence-corrected chi connectivity index (χ4v) is 1.70. The third-order valence-corrected chi connectivity index (χ3v) is 2.65. The Morgan fingerprint density at radius 3 is 2.25 bits per heavy atom. The summed E-state index contributed by atoms with van der Waals surface area (Å²) in [6, 6.07) is 8.42. The highest BCUT2D eigenvalue weighted by molar-refractivity contribution is 5.46. The van der Waals surface area contributed by atoms with Crippen molar-refractivity contribution in [3.8, 4) is 5.75 Å². The molecule has 2 nitrogen and oxygen atoms in total. The lowest BCUT2D eigenvalue weighted by atomic mass is 10.1. The fraction of sp³-hybridized carbons (Fsp3) is 0.143. The van der Waals surface area contributed by atoms with E-state index in [-0.39, 0.29) is 17.9 Å². The highest BCUT2D eigenvalue weighted by Crippen LogP contribution is 2.30. The Kier molecular flexibility index (Phi) is 3.83. The maximum atomic E-state index is 13.2. The number of halogens is 4. The average molecular weight is 285 g/mol. The molecule has 0 saturated carbocycles. The van der Waals surface area contributed by atoms with Gasteiger partial charge in [-0.2, -0.15) is 13.2 Å². The first-order chi connectivity index (χ1) is 9.34. The summed E-state index contributed by atoms with van der Waals surface area (Å²) in [6.45, 7) is 0.0472. The van der Waals surface area contributed by atoms with Crippen molar-refractivity contribution in [1.82, 2.24) is 0 Å². The monoisotopic (exact) mass is 285 g/mol. The Balaban J connectivity index is 2.13. The van der Waals surface area contributed by atoms with Crippen molar-refractivity contribution in [2.75, 3.05) is 5.32 Å². The summed E-state index contributed by atoms with van der Waals surface area (Å²) in [5.74, 6) is -0.844. The van der Waals surface area contributed by atoms with Crippen LogP contribution in [0.4, 0.5) is 23.2 Å². The van der Waals surface area contributed by atoms with E-state index >= 15 is 0 Å². The first kappa shape index (κ1) is 14.2. The molecule has 0 aliphatic heterocycles. The van der Waals surface area contributed by atoms with Gasteiger partial charge in [0.1, 0.15) is 11.6 Å². The predicted octanol–water partition coefficient (Wildman–Crippen LogP) is 4.16. The zero-order valence-corrected chi connectivity index (χ0v) is 10.2. The zero-order chi connectivity index (χ0) is 14.8. The van der Waals surface area contributed by atoms with E-state index in [2.05, 4.69) is 5.32 Å². The molecule has 0 atom stereocenters. The van der Waals surface area contributed by atoms with Gasteiger partial charge in [0.05, 0.1) is 5.56 Å². The lowest BCUT2D eigenvalue weighted by molar-refractivity contribution is -0.137. The van der Waals surface area contributed by atoms with Crippen LogP contribution in [0.2, 0.25) is 0 Å². The number of alkyl halides is 3. The Morgan fingerprint density at radius 1 is 1.00 bits per heavy atom. The number of phenols is 1. The first-order valence-corrected chi connectivity index (χ1v) is 5.74. The van der Waals surface area contributed by atoms with Gasteiger partial charge in [0.25, 0.3) is 0 Å². The number of nitrogens with one attached hydrogen (secondary N) is 1. The highest BCUT2D eigenvalue weighted by atomic mass is 19.4. The van der Waals surface area contributed by atoms with Crippen molar-refractivity contribution >= 4 is 5.69 Å². The van der Waals surface area contributed by atoms with Gasteiger partial charge in [-0.1, -0.05) is 0 Å². The molecule has 106 valence electrons. The molecule has 0 heterocycles. The molecule has 0 unspecified atom stereocenters. The molecule has 2 rings (SSSR count). The van der Waals surface area contributed by atoms with Crippen molar-refractivity contribution in [3.63, 3.8) is 0 Å². The van der Waals surface area contributed by atoms with Gasteiger partial charge in [-0.05, 0) is 48.0 Å². The number of anilines is 1. The minimum absolute atomic E-state index is 0.0472. The van der Waals surface area contributed by atoms with Crippen molar-refractivity contribution in [3.05, 3.63) is 59.4 Å². The lowest BCUT2D eigenvalue weighted by Gasteiger charge is -2.11. The molecule has 0 amide bonds. The minimum atomic E-state index is -4.57. The second-order valence-corrected chi connectivity index (χ2v) is 4.25. The fourth-order valence-electron chi connectivity index (χ4n) is 1.70. The molecule has 0 spiro atoms. The number of rotatable bonds is 3. The second-order valence-electron chi connectivity index (χ2n) is 4.25. The van der Waals surface area contributed by atoms with Crippen LogP contribution in [0.1, 0.15) is 11.1 Å². The van der Waals surface area contributed by atoms with Crippen LogP contribution < -0.4 is 5.32 Å². The Hall–Kier alpha value is -2.24. The van der Waals surface area contributed by atoms with E-state index in [1.165, 1.54) is 12.1 Å². The standard InChI is InChI=1S/C14H11F4NO/c15-11-6-9(5-10(7-11)14(16,17)18)8-19-12-1-3-13(20)4-2-12/h1-7,19-20H,8H2. The molecule has 6 heteroatoms. The van der Waals surface area contributed by atoms with Crippen LogP contribution in [0.15, 0.2) is 42.5 Å². The Morgan fingerprint density at radius 2 is 1.65 bits per heavy atom. The summed E-state index contributed by atoms with van der Waals surface area (Å²) < 4.78 is 50.8. The van der Waals surface area contributed by atoms with Crippen LogP contribution in [0, 0.1) is 5.82 Å². The molecule has 0 fully saturated rings. The van der Waals surface area contributed by atoms with Crippen molar-refractivity contribution in [2.45, 2.75) is 12.7 Å². The summed E-state index contributed by atoms with van der Waals surface area (Å²) in [5, 5.41) is 12.0. The molecule has 0 aliphatic rings. The summed E-state index contributed by atoms with van der Waals surface area (Å²) >= 11 is 0. The van der Waals surface area contributed by atoms with Gasteiger partial charge in [-0.15, -0.1) is 0 Å². The lowest BCUT2D eigenvalue weighted by Crippen LogP contribution is -2.08. The van der Waals surface area contributed by atoms with Crippen molar-refractivity contribution in [1.29, 1.82) is 0 Å². The molecule has 2 aromatic rings. The maximum absolute atomic E-state index is 13.2. The van der Waals surface area contributed by atoms with E-state index < -0.39 is 17.6 Å². The van der Waals surface area contributed by atoms with Gasteiger partial charge in [-0.3, -0.25) is 0 Å². The van der Waals surface area contributed by atoms with E-state index in [1.807, 2.05) is 0 Å². The zero-order valence-electron chi connectivity index (χ0n) is 10.2. The number of hydrogen-bond donors (Lipinski definition) is 2. The van der Waals surface area contributed by atoms with Crippen LogP contribution in [0.25, 0.3) is 0 Å². The molecule has 2 N–H and O–H groups in total. The normalized spacial score (nSPS) is 11.4. The van der Waals surface area contributed by atoms with Gasteiger partial charge in [0, 0.05) is 12.2 Å². The van der Waals surface area contributed by atoms with E-state index in [4.69, 9.17) is 5.11 Å². The summed E-state index contributed by atoms with van der Waals surface area (Å²) in [6.07, 6.45) is -4.57. The van der Waals surface area contributed by atoms with Crippen LogP contribution in [-0.4, -0.2) is 5.11 Å². The third kappa shape index (κ3) is 3.63. The molecular formula is C14H11F4NO. The third-order valence-electron chi connectivity index (χ3n) is 2.65. The van der Waals surface area contributed by atoms with Gasteiger partial charge < -0.3 is 10.4 Å². The Labute approximate surface area is 112 Å². The quantitative estimate of drug-likeness (QED) is 0.655. The number of hydrogen-bond acceptors (Lipinski definition) is 2. The van der Waals surface area contributed by atoms with E-state index in [0.29, 0.717) is 11.8 Å². The van der Waals surface area contributed by atoms with Crippen LogP contribution >= 0.6 is 0 Å². The van der Waals surface area contributed by atoms with Crippen LogP contribution in [0.5, 0.6) is 5.75 Å². The highest BCUT2D eigenvalue weighted by Gasteiger charge is 2.31. The van der Waals surface area contributed by atoms with Gasteiger partial charge in [0.2, 0.25) is 0 Å². The second kappa shape index (κ2) is 5.40. The van der Waals surface area contributed by atoms with Gasteiger partial charge >= 0.3 is 6.18 Å². The SMILES string of the molecule is Oc1ccc(NCc2cc(F)cc(C(F)(F)F)c2)cc1. The first-order valence-electron chi connectivity index (χ1n) is 5.74. The molecule has 0 saturated heterocycles. The summed E-state index contributed by atoms with van der Waals surface area (Å²) in [5.41, 5.74) is -0.217. The van der Waals surface area contributed by atoms with Crippen LogP contribution in [0.3, 0.4) is 0 Å². The predicted molar refractivity (Wildman–Crippen MR) is 66.8 cm³/mol. The van der Waals surface area contributed by atoms with Crippen molar-refractivity contribution < 1.29 is 22.7 Å². The smallest absolute Gasteiger partial charge is 0.416 e. The molecule has 0 bridgehead atoms. The van der Waals surface area contributed by atoms with Gasteiger partial charge in [-0.25, -0.2) is 4.39 Å². The molecule has 2 aromatic carbocycles. The Bertz CT molecular complexity index is 593. The number of benzene rings is 2. The van der Waals surface area contributed by atoms with E-state index in [9.17, 15) is 17.6 Å². The summed E-state index contributed by atoms with van der Waals surface area (Å²) in [7, 11) is 0. The number of phenolic OH excluding ortho intramolecular Hbond substituents is 1. The summed E-state index contributed by atoms with van der Waals surface area (Å²) in [4.78, 5) is 0. The van der Waals surface area contributed by atoms with Crippen molar-refractivity contribution in [2.24, 2.45) is 0 Å². The minimum Gasteiger partial charge on any atom is -0.508 e. The maximum Gasteiger partial charge on any atom is 0.416 e. The van der Waals surface area contributed by atoms with Gasteiger partial charge in [0.15, 0.2) is 0 Å². The molecule has 0 aromatic heterocycles. The number of aromatic hydroxyl groups is 1. The van der Waals surface area contributed by atoms with E-state index in [0.717, 1.165) is 12.1 Å². The topological polar surface area (TPSA) is 32.3 Å². The average Bonchev–Trinajstić information content (AvgIpc) is 2.36. The molecular weight excluding hydrogens is 274 g/mol. The molecule has 0 radical (unpaired) electrons. The largest absolute Gasteiger partial charge is 0.508 e. The van der Waals surface area contributed by atoms with Crippen LogP contribution in [-0.2, 0) is 12.7 Å². The van der Waals surface area contributed by atoms with E-state index in [1.54, 1.807) is 12.1 Å².